The van der Waals surface area contributed by atoms with Crippen molar-refractivity contribution in [2.45, 2.75) is 0 Å². The molecule has 1 aromatic heterocycles. The number of rotatable bonds is 3. The zero-order valence-corrected chi connectivity index (χ0v) is 9.06. The molecule has 0 aliphatic rings. The average Bonchev–Trinajstić information content (AvgIpc) is 2.38. The molecule has 0 bridgehead atoms. The molecule has 84 valence electrons. The molecule has 0 saturated carbocycles. The molecule has 17 heavy (non-hydrogen) atoms. The van der Waals surface area contributed by atoms with Gasteiger partial charge in [0.05, 0.1) is 4.92 Å². The third kappa shape index (κ3) is 2.98. The summed E-state index contributed by atoms with van der Waals surface area (Å²) in [5.74, 6) is 0. The van der Waals surface area contributed by atoms with Crippen LogP contribution in [0.4, 0.5) is 5.69 Å². The molecule has 2 aromatic rings. The van der Waals surface area contributed by atoms with Crippen LogP contribution in [-0.2, 0) is 0 Å². The Morgan fingerprint density at radius 2 is 1.71 bits per heavy atom. The van der Waals surface area contributed by atoms with Crippen molar-refractivity contribution in [3.8, 4) is 0 Å². The summed E-state index contributed by atoms with van der Waals surface area (Å²) in [5.41, 5.74) is 1.03. The predicted octanol–water partition coefficient (Wildman–Crippen LogP) is 2.51. The van der Waals surface area contributed by atoms with Crippen LogP contribution in [0.3, 0.4) is 0 Å². The number of non-ortho nitro benzene ring substituents is 1. The van der Waals surface area contributed by atoms with Crippen molar-refractivity contribution in [2.24, 2.45) is 0 Å². The maximum absolute atomic E-state index is 10.5. The van der Waals surface area contributed by atoms with Gasteiger partial charge in [-0.3, -0.25) is 10.1 Å². The Labute approximate surface area is 98.6 Å². The second kappa shape index (κ2) is 5.03. The third-order valence-corrected chi connectivity index (χ3v) is 2.28. The fraction of sp³-hybridized carbons (Fsp3) is 0. The fourth-order valence-electron chi connectivity index (χ4n) is 1.39. The van der Waals surface area contributed by atoms with Crippen LogP contribution >= 0.6 is 0 Å². The van der Waals surface area contributed by atoms with Crippen LogP contribution in [0, 0.1) is 10.1 Å². The average molecular weight is 227 g/mol. The van der Waals surface area contributed by atoms with E-state index in [1.54, 1.807) is 12.1 Å². The lowest BCUT2D eigenvalue weighted by Gasteiger charge is -1.92. The van der Waals surface area contributed by atoms with Crippen LogP contribution in [0.25, 0.3) is 12.3 Å². The van der Waals surface area contributed by atoms with E-state index in [0.717, 1.165) is 5.56 Å². The molecule has 0 spiro atoms. The van der Waals surface area contributed by atoms with Crippen molar-refractivity contribution >= 4 is 18.0 Å². The number of hydrogen-bond donors (Lipinski definition) is 0. The Bertz CT molecular complexity index is 533. The predicted molar refractivity (Wildman–Crippen MR) is 65.0 cm³/mol. The van der Waals surface area contributed by atoms with Gasteiger partial charge in [0.15, 0.2) is 18.6 Å². The fourth-order valence-corrected chi connectivity index (χ4v) is 1.39. The van der Waals surface area contributed by atoms with E-state index < -0.39 is 4.92 Å². The van der Waals surface area contributed by atoms with Crippen molar-refractivity contribution in [1.82, 2.24) is 0 Å². The molecule has 1 aromatic carbocycles. The van der Waals surface area contributed by atoms with Crippen LogP contribution in [-0.4, -0.2) is 4.92 Å². The Balaban J connectivity index is 2.14. The molecule has 0 radical (unpaired) electrons. The summed E-state index contributed by atoms with van der Waals surface area (Å²) >= 11 is 0. The lowest BCUT2D eigenvalue weighted by atomic mass is 10.2. The van der Waals surface area contributed by atoms with Crippen molar-refractivity contribution in [3.05, 3.63) is 70.5 Å². The van der Waals surface area contributed by atoms with E-state index >= 15 is 0 Å². The maximum atomic E-state index is 10.5. The Morgan fingerprint density at radius 1 is 1.06 bits per heavy atom. The number of nitro groups is 1. The van der Waals surface area contributed by atoms with E-state index in [1.165, 1.54) is 12.1 Å². The molecule has 2 rings (SSSR count). The first kappa shape index (κ1) is 11.0. The molecule has 0 saturated heterocycles. The largest absolute Gasteiger partial charge is 0.269 e. The van der Waals surface area contributed by atoms with E-state index in [0.29, 0.717) is 0 Å². The molecule has 0 unspecified atom stereocenters. The van der Waals surface area contributed by atoms with Crippen LogP contribution in [0.2, 0.25) is 0 Å². The molecule has 4 nitrogen and oxygen atoms in total. The molecule has 0 fully saturated rings. The molecular weight excluding hydrogens is 216 g/mol. The molecule has 1 heterocycles. The van der Waals surface area contributed by atoms with E-state index in [4.69, 9.17) is 0 Å². The summed E-state index contributed by atoms with van der Waals surface area (Å²) in [6.07, 6.45) is 7.62. The van der Waals surface area contributed by atoms with Crippen LogP contribution in [0.5, 0.6) is 0 Å². The summed E-state index contributed by atoms with van der Waals surface area (Å²) < 4.78 is 1.90. The maximum Gasteiger partial charge on any atom is 0.269 e. The number of benzene rings is 1. The Kier molecular flexibility index (Phi) is 3.25. The minimum absolute atomic E-state index is 0.106. The molecule has 0 atom stereocenters. The number of aromatic nitrogens is 1. The summed E-state index contributed by atoms with van der Waals surface area (Å²) in [5, 5.41) is 10.5. The van der Waals surface area contributed by atoms with Crippen molar-refractivity contribution in [1.29, 1.82) is 0 Å². The zero-order chi connectivity index (χ0) is 12.1. The van der Waals surface area contributed by atoms with Crippen molar-refractivity contribution < 1.29 is 9.49 Å². The van der Waals surface area contributed by atoms with Gasteiger partial charge in [0.1, 0.15) is 0 Å². The van der Waals surface area contributed by atoms with E-state index in [2.05, 4.69) is 0 Å². The summed E-state index contributed by atoms with van der Waals surface area (Å²) in [6, 6.07) is 12.2. The van der Waals surface area contributed by atoms with Crippen molar-refractivity contribution in [3.63, 3.8) is 0 Å². The normalized spacial score (nSPS) is 10.6. The number of hydrogen-bond acceptors (Lipinski definition) is 2. The van der Waals surface area contributed by atoms with Gasteiger partial charge in [-0.2, -0.15) is 4.57 Å². The smallest absolute Gasteiger partial charge is 0.258 e. The van der Waals surface area contributed by atoms with E-state index in [-0.39, 0.29) is 5.69 Å². The highest BCUT2D eigenvalue weighted by atomic mass is 16.6. The molecular formula is C13H11N2O2+. The topological polar surface area (TPSA) is 47.0 Å². The molecule has 0 N–H and O–H groups in total. The quantitative estimate of drug-likeness (QED) is 0.459. The third-order valence-electron chi connectivity index (χ3n) is 2.28. The van der Waals surface area contributed by atoms with Gasteiger partial charge in [-0.1, -0.05) is 6.07 Å². The highest BCUT2D eigenvalue weighted by Gasteiger charge is 2.02. The standard InChI is InChI=1S/C13H11N2O2/c16-15(17)13-6-4-12(5-7-13)8-11-14-9-2-1-3-10-14/h1-11H/q+1. The first-order chi connectivity index (χ1) is 8.25. The van der Waals surface area contributed by atoms with Gasteiger partial charge in [0, 0.05) is 30.3 Å². The van der Waals surface area contributed by atoms with E-state index in [9.17, 15) is 10.1 Å². The van der Waals surface area contributed by atoms with Gasteiger partial charge in [-0.15, -0.1) is 0 Å². The molecule has 4 heteroatoms. The van der Waals surface area contributed by atoms with Gasteiger partial charge < -0.3 is 0 Å². The van der Waals surface area contributed by atoms with Gasteiger partial charge in [-0.25, -0.2) is 0 Å². The Hall–Kier alpha value is -2.49. The molecule has 0 aliphatic heterocycles. The second-order valence-corrected chi connectivity index (χ2v) is 3.49. The van der Waals surface area contributed by atoms with Gasteiger partial charge >= 0.3 is 0 Å². The lowest BCUT2D eigenvalue weighted by molar-refractivity contribution is -0.567. The minimum atomic E-state index is -0.403. The lowest BCUT2D eigenvalue weighted by Crippen LogP contribution is -2.23. The van der Waals surface area contributed by atoms with Crippen molar-refractivity contribution in [2.75, 3.05) is 0 Å². The zero-order valence-electron chi connectivity index (χ0n) is 9.06. The van der Waals surface area contributed by atoms with Crippen LogP contribution < -0.4 is 4.57 Å². The highest BCUT2D eigenvalue weighted by Crippen LogP contribution is 2.12. The molecule has 0 amide bonds. The van der Waals surface area contributed by atoms with Crippen LogP contribution in [0.1, 0.15) is 5.56 Å². The van der Waals surface area contributed by atoms with E-state index in [1.807, 2.05) is 47.4 Å². The second-order valence-electron chi connectivity index (χ2n) is 3.49. The van der Waals surface area contributed by atoms with Gasteiger partial charge in [0.2, 0.25) is 0 Å². The number of pyridine rings is 1. The number of nitrogens with zero attached hydrogens (tertiary/aromatic N) is 2. The minimum Gasteiger partial charge on any atom is -0.258 e. The highest BCUT2D eigenvalue weighted by molar-refractivity contribution is 5.58. The first-order valence-electron chi connectivity index (χ1n) is 5.14. The summed E-state index contributed by atoms with van der Waals surface area (Å²) in [4.78, 5) is 10.1. The SMILES string of the molecule is O=[N+]([O-])c1ccc(C=C[n+]2ccccc2)cc1. The Morgan fingerprint density at radius 3 is 2.29 bits per heavy atom. The van der Waals surface area contributed by atoms with Gasteiger partial charge in [-0.05, 0) is 17.7 Å². The first-order valence-corrected chi connectivity index (χ1v) is 5.14. The number of nitro benzene ring substituents is 1. The summed E-state index contributed by atoms with van der Waals surface area (Å²) in [7, 11) is 0. The monoisotopic (exact) mass is 227 g/mol. The van der Waals surface area contributed by atoms with Crippen LogP contribution in [0.15, 0.2) is 54.9 Å². The molecule has 0 aliphatic carbocycles. The van der Waals surface area contributed by atoms with Gasteiger partial charge in [0.25, 0.3) is 5.69 Å². The summed E-state index contributed by atoms with van der Waals surface area (Å²) in [6.45, 7) is 0.